The third kappa shape index (κ3) is 2.00. The fourth-order valence-corrected chi connectivity index (χ4v) is 3.03. The molecule has 114 valence electrons. The SMILES string of the molecule is CCOC1(OO)c2ccccc2C(=O)c2cc(CC)ccc21. The lowest BCUT2D eigenvalue weighted by Crippen LogP contribution is -2.40. The highest BCUT2D eigenvalue weighted by molar-refractivity contribution is 6.13. The molecule has 4 nitrogen and oxygen atoms in total. The predicted octanol–water partition coefficient (Wildman–Crippen LogP) is 3.52. The van der Waals surface area contributed by atoms with Crippen LogP contribution in [-0.2, 0) is 21.8 Å². The highest BCUT2D eigenvalue weighted by atomic mass is 17.1. The lowest BCUT2D eigenvalue weighted by molar-refractivity contribution is -0.395. The normalized spacial score (nSPS) is 19.7. The Balaban J connectivity index is 2.33. The fourth-order valence-electron chi connectivity index (χ4n) is 3.03. The largest absolute Gasteiger partial charge is 0.340 e. The molecule has 3 rings (SSSR count). The van der Waals surface area contributed by atoms with Gasteiger partial charge in [-0.15, -0.1) is 0 Å². The van der Waals surface area contributed by atoms with Crippen LogP contribution < -0.4 is 0 Å². The quantitative estimate of drug-likeness (QED) is 0.533. The molecule has 0 fully saturated rings. The molecule has 0 bridgehead atoms. The summed E-state index contributed by atoms with van der Waals surface area (Å²) >= 11 is 0. The molecule has 1 atom stereocenters. The molecule has 1 aliphatic rings. The van der Waals surface area contributed by atoms with Crippen LogP contribution in [0, 0.1) is 0 Å². The van der Waals surface area contributed by atoms with Gasteiger partial charge in [0.05, 0.1) is 0 Å². The molecule has 1 aliphatic carbocycles. The van der Waals surface area contributed by atoms with Gasteiger partial charge in [0.25, 0.3) is 5.79 Å². The van der Waals surface area contributed by atoms with Gasteiger partial charge in [0, 0.05) is 28.9 Å². The van der Waals surface area contributed by atoms with Crippen LogP contribution in [0.2, 0.25) is 0 Å². The van der Waals surface area contributed by atoms with E-state index in [0.717, 1.165) is 12.0 Å². The van der Waals surface area contributed by atoms with Gasteiger partial charge < -0.3 is 4.74 Å². The van der Waals surface area contributed by atoms with E-state index in [0.29, 0.717) is 28.9 Å². The summed E-state index contributed by atoms with van der Waals surface area (Å²) in [7, 11) is 0. The fraction of sp³-hybridized carbons (Fsp3) is 0.278. The predicted molar refractivity (Wildman–Crippen MR) is 81.8 cm³/mol. The molecule has 0 heterocycles. The minimum atomic E-state index is -1.46. The Hall–Kier alpha value is -2.01. The van der Waals surface area contributed by atoms with Crippen molar-refractivity contribution in [2.24, 2.45) is 0 Å². The zero-order chi connectivity index (χ0) is 15.7. The number of ether oxygens (including phenoxy) is 1. The van der Waals surface area contributed by atoms with Crippen LogP contribution in [0.4, 0.5) is 0 Å². The standard InChI is InChI=1S/C18H18O4/c1-3-12-9-10-16-14(11-12)17(19)13-7-5-6-8-15(13)18(16,22-20)21-4-2/h5-11,20H,3-4H2,1-2H3. The van der Waals surface area contributed by atoms with Crippen LogP contribution in [0.5, 0.6) is 0 Å². The first-order valence-electron chi connectivity index (χ1n) is 7.42. The number of hydrogen-bond donors (Lipinski definition) is 1. The smallest absolute Gasteiger partial charge is 0.255 e. The summed E-state index contributed by atoms with van der Waals surface area (Å²) in [5.74, 6) is -1.53. The number of rotatable bonds is 4. The Bertz CT molecular complexity index is 723. The molecule has 1 unspecified atom stereocenters. The summed E-state index contributed by atoms with van der Waals surface area (Å²) < 4.78 is 5.77. The molecule has 0 saturated heterocycles. The highest BCUT2D eigenvalue weighted by Gasteiger charge is 2.46. The molecule has 0 radical (unpaired) electrons. The van der Waals surface area contributed by atoms with Crippen molar-refractivity contribution < 1.29 is 19.7 Å². The van der Waals surface area contributed by atoms with E-state index in [1.54, 1.807) is 30.3 Å². The van der Waals surface area contributed by atoms with Gasteiger partial charge in [-0.05, 0) is 25.0 Å². The Kier molecular flexibility index (Phi) is 3.83. The molecule has 0 amide bonds. The molecule has 1 N–H and O–H groups in total. The van der Waals surface area contributed by atoms with E-state index in [9.17, 15) is 10.1 Å². The summed E-state index contributed by atoms with van der Waals surface area (Å²) in [6.45, 7) is 4.18. The van der Waals surface area contributed by atoms with Gasteiger partial charge in [-0.1, -0.05) is 43.3 Å². The molecule has 4 heteroatoms. The van der Waals surface area contributed by atoms with Gasteiger partial charge in [0.15, 0.2) is 5.78 Å². The number of hydrogen-bond acceptors (Lipinski definition) is 4. The van der Waals surface area contributed by atoms with E-state index >= 15 is 0 Å². The number of ketones is 1. The Morgan fingerprint density at radius 3 is 2.45 bits per heavy atom. The van der Waals surface area contributed by atoms with E-state index in [1.807, 2.05) is 26.0 Å². The van der Waals surface area contributed by atoms with Crippen molar-refractivity contribution in [1.29, 1.82) is 0 Å². The average Bonchev–Trinajstić information content (AvgIpc) is 2.58. The molecule has 0 saturated carbocycles. The van der Waals surface area contributed by atoms with Gasteiger partial charge in [-0.25, -0.2) is 5.26 Å². The van der Waals surface area contributed by atoms with Crippen LogP contribution in [0.25, 0.3) is 0 Å². The van der Waals surface area contributed by atoms with Crippen molar-refractivity contribution in [1.82, 2.24) is 0 Å². The van der Waals surface area contributed by atoms with E-state index in [-0.39, 0.29) is 5.78 Å². The van der Waals surface area contributed by atoms with Crippen LogP contribution in [0.1, 0.15) is 46.5 Å². The summed E-state index contributed by atoms with van der Waals surface area (Å²) in [6, 6.07) is 12.6. The Labute approximate surface area is 129 Å². The Morgan fingerprint density at radius 2 is 1.77 bits per heavy atom. The molecule has 2 aromatic rings. The lowest BCUT2D eigenvalue weighted by Gasteiger charge is -2.36. The highest BCUT2D eigenvalue weighted by Crippen LogP contribution is 2.43. The zero-order valence-corrected chi connectivity index (χ0v) is 12.6. The number of aryl methyl sites for hydroxylation is 1. The van der Waals surface area contributed by atoms with Crippen LogP contribution in [0.3, 0.4) is 0 Å². The Morgan fingerprint density at radius 1 is 1.05 bits per heavy atom. The summed E-state index contributed by atoms with van der Waals surface area (Å²) in [5, 5.41) is 9.64. The van der Waals surface area contributed by atoms with Gasteiger partial charge in [0.2, 0.25) is 0 Å². The number of benzene rings is 2. The topological polar surface area (TPSA) is 55.8 Å². The van der Waals surface area contributed by atoms with Crippen molar-refractivity contribution in [2.75, 3.05) is 6.61 Å². The number of carbonyl (C=O) groups excluding carboxylic acids is 1. The van der Waals surface area contributed by atoms with E-state index in [4.69, 9.17) is 9.62 Å². The van der Waals surface area contributed by atoms with Crippen LogP contribution >= 0.6 is 0 Å². The first-order valence-corrected chi connectivity index (χ1v) is 7.42. The van der Waals surface area contributed by atoms with E-state index in [2.05, 4.69) is 0 Å². The van der Waals surface area contributed by atoms with Crippen molar-refractivity contribution in [3.05, 3.63) is 70.3 Å². The minimum absolute atomic E-state index is 0.0757. The third-order valence-electron chi connectivity index (χ3n) is 4.09. The monoisotopic (exact) mass is 298 g/mol. The summed E-state index contributed by atoms with van der Waals surface area (Å²) in [5.41, 5.74) is 3.12. The second-order valence-electron chi connectivity index (χ2n) is 5.25. The maximum atomic E-state index is 12.8. The first-order chi connectivity index (χ1) is 10.7. The van der Waals surface area contributed by atoms with E-state index < -0.39 is 5.79 Å². The maximum absolute atomic E-state index is 12.8. The summed E-state index contributed by atoms with van der Waals surface area (Å²) in [4.78, 5) is 17.6. The molecule has 2 aromatic carbocycles. The van der Waals surface area contributed by atoms with Crippen molar-refractivity contribution in [3.8, 4) is 0 Å². The molecule has 22 heavy (non-hydrogen) atoms. The van der Waals surface area contributed by atoms with Gasteiger partial charge in [-0.2, -0.15) is 4.89 Å². The molecule has 0 aliphatic heterocycles. The van der Waals surface area contributed by atoms with Crippen molar-refractivity contribution in [2.45, 2.75) is 26.1 Å². The molecular weight excluding hydrogens is 280 g/mol. The van der Waals surface area contributed by atoms with Gasteiger partial charge >= 0.3 is 0 Å². The number of fused-ring (bicyclic) bond motifs is 2. The van der Waals surface area contributed by atoms with Crippen molar-refractivity contribution >= 4 is 5.78 Å². The molecule has 0 spiro atoms. The van der Waals surface area contributed by atoms with Crippen LogP contribution in [-0.4, -0.2) is 17.6 Å². The molecular formula is C18H18O4. The van der Waals surface area contributed by atoms with Gasteiger partial charge in [0.1, 0.15) is 0 Å². The second kappa shape index (κ2) is 5.65. The summed E-state index contributed by atoms with van der Waals surface area (Å²) in [6.07, 6.45) is 0.823. The maximum Gasteiger partial charge on any atom is 0.255 e. The second-order valence-corrected chi connectivity index (χ2v) is 5.25. The number of carbonyl (C=O) groups is 1. The van der Waals surface area contributed by atoms with Crippen molar-refractivity contribution in [3.63, 3.8) is 0 Å². The van der Waals surface area contributed by atoms with Gasteiger partial charge in [-0.3, -0.25) is 4.79 Å². The third-order valence-corrected chi connectivity index (χ3v) is 4.09. The van der Waals surface area contributed by atoms with E-state index in [1.165, 1.54) is 0 Å². The minimum Gasteiger partial charge on any atom is -0.340 e. The lowest BCUT2D eigenvalue weighted by atomic mass is 9.79. The zero-order valence-electron chi connectivity index (χ0n) is 12.6. The van der Waals surface area contributed by atoms with Crippen LogP contribution in [0.15, 0.2) is 42.5 Å². The first kappa shape index (κ1) is 14.9. The molecule has 0 aromatic heterocycles. The average molecular weight is 298 g/mol.